The molecule has 2 heterocycles. The normalized spacial score (nSPS) is 17.3. The van der Waals surface area contributed by atoms with Gasteiger partial charge in [0.05, 0.1) is 0 Å². The summed E-state index contributed by atoms with van der Waals surface area (Å²) in [5.74, 6) is 1.24. The topological polar surface area (TPSA) is 61.4 Å². The molecule has 2 fully saturated rings. The Balaban J connectivity index is 1.41. The number of piperazine rings is 1. The van der Waals surface area contributed by atoms with Gasteiger partial charge < -0.3 is 15.1 Å². The lowest BCUT2D eigenvalue weighted by atomic mass is 10.1. The summed E-state index contributed by atoms with van der Waals surface area (Å²) in [6, 6.07) is 8.16. The molecule has 10 heteroatoms. The third-order valence-corrected chi connectivity index (χ3v) is 6.88. The monoisotopic (exact) mass is 479 g/mol. The molecule has 2 aromatic rings. The second-order valence-corrected chi connectivity index (χ2v) is 9.39. The van der Waals surface area contributed by atoms with Gasteiger partial charge in [-0.05, 0) is 43.0 Å². The fraction of sp³-hybridized carbons (Fsp3) is 0.522. The minimum Gasteiger partial charge on any atom is -0.354 e. The van der Waals surface area contributed by atoms with Crippen molar-refractivity contribution in [2.24, 2.45) is 5.92 Å². The van der Waals surface area contributed by atoms with Gasteiger partial charge in [0.2, 0.25) is 0 Å². The molecule has 0 unspecified atom stereocenters. The van der Waals surface area contributed by atoms with Crippen molar-refractivity contribution in [3.63, 3.8) is 0 Å². The molecule has 33 heavy (non-hydrogen) atoms. The lowest BCUT2D eigenvalue weighted by Gasteiger charge is -2.35. The number of rotatable bonds is 8. The number of aromatic nitrogens is 2. The van der Waals surface area contributed by atoms with Gasteiger partial charge in [0.15, 0.2) is 10.9 Å². The fourth-order valence-electron chi connectivity index (χ4n) is 3.64. The molecule has 1 aliphatic carbocycles. The first-order chi connectivity index (χ1) is 15.8. The number of nitrogens with zero attached hydrogens (tertiary/aromatic N) is 4. The van der Waals surface area contributed by atoms with E-state index in [0.29, 0.717) is 42.7 Å². The maximum atomic E-state index is 13.5. The van der Waals surface area contributed by atoms with E-state index in [1.807, 2.05) is 17.0 Å². The van der Waals surface area contributed by atoms with Gasteiger partial charge in [-0.2, -0.15) is 13.2 Å². The first-order valence-corrected chi connectivity index (χ1v) is 12.2. The van der Waals surface area contributed by atoms with E-state index in [0.717, 1.165) is 43.0 Å². The Kier molecular flexibility index (Phi) is 7.43. The van der Waals surface area contributed by atoms with Crippen LogP contribution in [0.15, 0.2) is 35.5 Å². The molecule has 0 spiro atoms. The summed E-state index contributed by atoms with van der Waals surface area (Å²) in [5.41, 5.74) is 0.543. The van der Waals surface area contributed by atoms with Crippen molar-refractivity contribution in [2.75, 3.05) is 44.2 Å². The Hall–Kier alpha value is -2.33. The predicted molar refractivity (Wildman–Crippen MR) is 122 cm³/mol. The molecule has 2 aliphatic rings. The van der Waals surface area contributed by atoms with Crippen molar-refractivity contribution in [2.45, 2.75) is 36.9 Å². The molecule has 0 radical (unpaired) electrons. The summed E-state index contributed by atoms with van der Waals surface area (Å²) in [4.78, 5) is 24.5. The van der Waals surface area contributed by atoms with Crippen LogP contribution in [0.2, 0.25) is 0 Å². The van der Waals surface area contributed by atoms with Gasteiger partial charge in [-0.15, -0.1) is 0 Å². The zero-order chi connectivity index (χ0) is 23.4. The van der Waals surface area contributed by atoms with E-state index < -0.39 is 11.9 Å². The highest BCUT2D eigenvalue weighted by molar-refractivity contribution is 7.98. The smallest absolute Gasteiger partial charge is 0.354 e. The lowest BCUT2D eigenvalue weighted by Crippen LogP contribution is -2.46. The summed E-state index contributed by atoms with van der Waals surface area (Å²) in [6.07, 6.45) is -2.19. The number of carbonyl (C=O) groups is 1. The number of hydrogen-bond acceptors (Lipinski definition) is 6. The molecule has 1 saturated carbocycles. The van der Waals surface area contributed by atoms with Crippen LogP contribution in [0.25, 0.3) is 0 Å². The van der Waals surface area contributed by atoms with Gasteiger partial charge in [0.25, 0.3) is 5.91 Å². The molecule has 1 N–H and O–H groups in total. The molecule has 1 aromatic carbocycles. The van der Waals surface area contributed by atoms with Crippen LogP contribution in [-0.2, 0) is 11.9 Å². The van der Waals surface area contributed by atoms with Gasteiger partial charge in [-0.25, -0.2) is 9.97 Å². The summed E-state index contributed by atoms with van der Waals surface area (Å²) in [7, 11) is 0. The first kappa shape index (κ1) is 23.8. The summed E-state index contributed by atoms with van der Waals surface area (Å²) in [6.45, 7) is 6.57. The lowest BCUT2D eigenvalue weighted by molar-refractivity contribution is -0.141. The van der Waals surface area contributed by atoms with Gasteiger partial charge in [0, 0.05) is 50.1 Å². The van der Waals surface area contributed by atoms with Crippen LogP contribution in [0, 0.1) is 5.92 Å². The zero-order valence-electron chi connectivity index (χ0n) is 18.6. The van der Waals surface area contributed by atoms with E-state index in [4.69, 9.17) is 0 Å². The Bertz CT molecular complexity index is 958. The van der Waals surface area contributed by atoms with Gasteiger partial charge in [-0.3, -0.25) is 4.79 Å². The number of alkyl halides is 3. The van der Waals surface area contributed by atoms with E-state index in [-0.39, 0.29) is 11.1 Å². The number of hydrogen-bond donors (Lipinski definition) is 1. The molecule has 0 bridgehead atoms. The minimum absolute atomic E-state index is 0.101. The number of amides is 1. The number of likely N-dealkylation sites (N-methyl/N-ethyl adjacent to an activating group) is 1. The molecule has 1 aromatic heterocycles. The standard InChI is InChI=1S/C23H28F3N5OS/c1-2-30-9-11-31(12-10-30)20-13-19(23(24,25)26)28-22(29-20)33-15-17-5-7-18(8-6-17)21(32)27-14-16-3-4-16/h5-8,13,16H,2-4,9-12,14-15H2,1H3,(H,27,32). The van der Waals surface area contributed by atoms with Crippen LogP contribution in [-0.4, -0.2) is 60.0 Å². The number of nitrogens with one attached hydrogen (secondary N) is 1. The largest absolute Gasteiger partial charge is 0.433 e. The van der Waals surface area contributed by atoms with Crippen LogP contribution in [0.5, 0.6) is 0 Å². The molecule has 1 saturated heterocycles. The maximum absolute atomic E-state index is 13.5. The minimum atomic E-state index is -4.53. The second-order valence-electron chi connectivity index (χ2n) is 8.45. The zero-order valence-corrected chi connectivity index (χ0v) is 19.4. The van der Waals surface area contributed by atoms with Crippen LogP contribution in [0.3, 0.4) is 0 Å². The average Bonchev–Trinajstić information content (AvgIpc) is 3.65. The molecule has 0 atom stereocenters. The third-order valence-electron chi connectivity index (χ3n) is 5.96. The predicted octanol–water partition coefficient (Wildman–Crippen LogP) is 4.07. The quantitative estimate of drug-likeness (QED) is 0.455. The number of thioether (sulfide) groups is 1. The SMILES string of the molecule is CCN1CCN(c2cc(C(F)(F)F)nc(SCc3ccc(C(=O)NCC4CC4)cc3)n2)CC1. The van der Waals surface area contributed by atoms with Crippen molar-refractivity contribution in [1.82, 2.24) is 20.2 Å². The van der Waals surface area contributed by atoms with Crippen molar-refractivity contribution < 1.29 is 18.0 Å². The summed E-state index contributed by atoms with van der Waals surface area (Å²) in [5, 5.41) is 3.02. The highest BCUT2D eigenvalue weighted by Crippen LogP contribution is 2.32. The van der Waals surface area contributed by atoms with Crippen molar-refractivity contribution in [3.05, 3.63) is 47.2 Å². The highest BCUT2D eigenvalue weighted by atomic mass is 32.2. The van der Waals surface area contributed by atoms with Gasteiger partial charge in [0.1, 0.15) is 5.82 Å². The number of anilines is 1. The van der Waals surface area contributed by atoms with E-state index in [9.17, 15) is 18.0 Å². The van der Waals surface area contributed by atoms with Crippen molar-refractivity contribution in [3.8, 4) is 0 Å². The van der Waals surface area contributed by atoms with Crippen LogP contribution < -0.4 is 10.2 Å². The molecule has 6 nitrogen and oxygen atoms in total. The van der Waals surface area contributed by atoms with E-state index in [1.165, 1.54) is 12.8 Å². The number of benzene rings is 1. The molecule has 4 rings (SSSR count). The Morgan fingerprint density at radius 3 is 2.42 bits per heavy atom. The van der Waals surface area contributed by atoms with E-state index in [2.05, 4.69) is 27.1 Å². The van der Waals surface area contributed by atoms with Crippen LogP contribution in [0.4, 0.5) is 19.0 Å². The molecule has 1 aliphatic heterocycles. The van der Waals surface area contributed by atoms with Crippen LogP contribution >= 0.6 is 11.8 Å². The third kappa shape index (κ3) is 6.60. The Morgan fingerprint density at radius 2 is 1.82 bits per heavy atom. The number of halogens is 3. The van der Waals surface area contributed by atoms with E-state index >= 15 is 0 Å². The molecule has 178 valence electrons. The van der Waals surface area contributed by atoms with Crippen LogP contribution in [0.1, 0.15) is 41.4 Å². The molecular formula is C23H28F3N5OS. The maximum Gasteiger partial charge on any atom is 0.433 e. The van der Waals surface area contributed by atoms with Crippen molar-refractivity contribution in [1.29, 1.82) is 0 Å². The summed E-state index contributed by atoms with van der Waals surface area (Å²) >= 11 is 1.16. The summed E-state index contributed by atoms with van der Waals surface area (Å²) < 4.78 is 40.4. The number of carbonyl (C=O) groups excluding carboxylic acids is 1. The van der Waals surface area contributed by atoms with Crippen molar-refractivity contribution >= 4 is 23.5 Å². The molecule has 1 amide bonds. The van der Waals surface area contributed by atoms with Gasteiger partial charge >= 0.3 is 6.18 Å². The first-order valence-electron chi connectivity index (χ1n) is 11.3. The fourth-order valence-corrected chi connectivity index (χ4v) is 4.45. The highest BCUT2D eigenvalue weighted by Gasteiger charge is 2.34. The van der Waals surface area contributed by atoms with E-state index in [1.54, 1.807) is 12.1 Å². The average molecular weight is 480 g/mol. The Morgan fingerprint density at radius 1 is 1.12 bits per heavy atom. The molecular weight excluding hydrogens is 451 g/mol. The Labute approximate surface area is 196 Å². The van der Waals surface area contributed by atoms with Gasteiger partial charge in [-0.1, -0.05) is 30.8 Å². The second kappa shape index (κ2) is 10.3.